The van der Waals surface area contributed by atoms with Crippen molar-refractivity contribution in [1.29, 1.82) is 0 Å². The molecule has 1 heteroatoms. The molecule has 0 nitrogen and oxygen atoms in total. The van der Waals surface area contributed by atoms with Crippen molar-refractivity contribution in [2.45, 2.75) is 49.6 Å². The van der Waals surface area contributed by atoms with Gasteiger partial charge in [-0.25, -0.2) is 0 Å². The smallest absolute Gasteiger partial charge is 0.140 e. The van der Waals surface area contributed by atoms with Gasteiger partial charge in [-0.2, -0.15) is 0 Å². The molecule has 0 aromatic rings. The van der Waals surface area contributed by atoms with Crippen LogP contribution in [0.2, 0.25) is 8.09 Å². The Morgan fingerprint density at radius 1 is 0.900 bits per heavy atom. The Morgan fingerprint density at radius 3 is 1.40 bits per heavy atom. The Hall–Kier alpha value is 0.766. The first kappa shape index (κ1) is 10.8. The Morgan fingerprint density at radius 2 is 1.30 bits per heavy atom. The van der Waals surface area contributed by atoms with E-state index in [4.69, 9.17) is 0 Å². The number of rotatable bonds is 1. The van der Waals surface area contributed by atoms with Gasteiger partial charge in [0.05, 0.1) is 0 Å². The van der Waals surface area contributed by atoms with Crippen LogP contribution in [-0.2, 0) is 0 Å². The second kappa shape index (κ2) is 3.44. The fraction of sp³-hybridized carbons (Fsp3) is 1.00. The van der Waals surface area contributed by atoms with Crippen LogP contribution in [0.5, 0.6) is 0 Å². The third-order valence-corrected chi connectivity index (χ3v) is 4.87. The second-order valence-electron chi connectivity index (χ2n) is 5.62. The summed E-state index contributed by atoms with van der Waals surface area (Å²) in [5.74, 6) is 0. The summed E-state index contributed by atoms with van der Waals surface area (Å²) in [5, 5.41) is 0. The van der Waals surface area contributed by atoms with E-state index in [1.807, 2.05) is 0 Å². The molecule has 0 aromatic carbocycles. The van der Waals surface area contributed by atoms with Crippen molar-refractivity contribution >= 4 is 20.4 Å². The van der Waals surface area contributed by atoms with Crippen LogP contribution in [0.25, 0.3) is 0 Å². The van der Waals surface area contributed by atoms with Gasteiger partial charge in [0, 0.05) is 0 Å². The summed E-state index contributed by atoms with van der Waals surface area (Å²) in [4.78, 5) is 0. The molecule has 0 rings (SSSR count). The third-order valence-electron chi connectivity index (χ3n) is 1.62. The fourth-order valence-corrected chi connectivity index (χ4v) is 2.25. The highest BCUT2D eigenvalue weighted by Crippen LogP contribution is 2.28. The summed E-state index contributed by atoms with van der Waals surface area (Å²) >= 11 is 0.145. The van der Waals surface area contributed by atoms with Crippen molar-refractivity contribution < 1.29 is 0 Å². The van der Waals surface area contributed by atoms with E-state index in [0.717, 1.165) is 0 Å². The first-order valence-corrected chi connectivity index (χ1v) is 5.91. The first-order valence-electron chi connectivity index (χ1n) is 4.21. The predicted octanol–water partition coefficient (Wildman–Crippen LogP) is 3.37. The maximum Gasteiger partial charge on any atom is 0.373 e. The lowest BCUT2D eigenvalue weighted by Gasteiger charge is -2.23. The Labute approximate surface area is 75.5 Å². The van der Waals surface area contributed by atoms with Gasteiger partial charge in [-0.3, -0.25) is 0 Å². The second-order valence-corrected chi connectivity index (χ2v) is 8.74. The summed E-state index contributed by atoms with van der Waals surface area (Å²) in [6, 6.07) is 0. The highest BCUT2D eigenvalue weighted by molar-refractivity contribution is 6.39. The summed E-state index contributed by atoms with van der Waals surface area (Å²) in [5.41, 5.74) is 0.569. The standard InChI is InChI=1S/C5H11.C4H9.Mg/c1-5(2,3)4;1-4(2)3;/h1H2,2-4H3;1-3H3;. The largest absolute Gasteiger partial charge is 0.373 e. The first-order chi connectivity index (χ1) is 4.21. The zero-order valence-corrected chi connectivity index (χ0v) is 9.83. The Kier molecular flexibility index (Phi) is 3.71. The molecule has 0 N–H and O–H groups in total. The van der Waals surface area contributed by atoms with Gasteiger partial charge in [-0.15, -0.1) is 8.09 Å². The van der Waals surface area contributed by atoms with Gasteiger partial charge >= 0.3 is 20.4 Å². The molecule has 0 bridgehead atoms. The zero-order valence-electron chi connectivity index (χ0n) is 8.41. The van der Waals surface area contributed by atoms with E-state index in [1.54, 1.807) is 0 Å². The summed E-state index contributed by atoms with van der Waals surface area (Å²) < 4.78 is 2.11. The molecule has 0 aliphatic rings. The lowest BCUT2D eigenvalue weighted by Crippen LogP contribution is -2.15. The SMILES string of the molecule is CC(C)(C)[CH2][Mg][C](C)(C)C. The topological polar surface area (TPSA) is 0 Å². The molecule has 0 unspecified atom stereocenters. The molecular formula is C9H20Mg. The van der Waals surface area contributed by atoms with Crippen molar-refractivity contribution in [1.82, 2.24) is 0 Å². The molecule has 0 atom stereocenters. The monoisotopic (exact) mass is 152 g/mol. The lowest BCUT2D eigenvalue weighted by atomic mass is 10.0. The van der Waals surface area contributed by atoms with Gasteiger partial charge in [0.25, 0.3) is 0 Å². The Bertz CT molecular complexity index is 78.3. The van der Waals surface area contributed by atoms with E-state index in [0.29, 0.717) is 8.96 Å². The van der Waals surface area contributed by atoms with E-state index < -0.39 is 0 Å². The molecule has 58 valence electrons. The molecule has 0 radical (unpaired) electrons. The number of hydrogen-bond donors (Lipinski definition) is 0. The quantitative estimate of drug-likeness (QED) is 0.506. The maximum absolute atomic E-state index is 2.37. The minimum absolute atomic E-state index is 0.145. The molecular weight excluding hydrogens is 132 g/mol. The van der Waals surface area contributed by atoms with Crippen LogP contribution in [0.3, 0.4) is 0 Å². The minimum Gasteiger partial charge on any atom is -0.140 e. The van der Waals surface area contributed by atoms with Gasteiger partial charge in [0.15, 0.2) is 0 Å². The molecule has 10 heavy (non-hydrogen) atoms. The van der Waals surface area contributed by atoms with Crippen molar-refractivity contribution in [2.75, 3.05) is 0 Å². The van der Waals surface area contributed by atoms with E-state index in [9.17, 15) is 0 Å². The predicted molar refractivity (Wildman–Crippen MR) is 49.7 cm³/mol. The van der Waals surface area contributed by atoms with E-state index >= 15 is 0 Å². The van der Waals surface area contributed by atoms with E-state index in [1.165, 1.54) is 4.55 Å². The molecule has 0 spiro atoms. The Balaban J connectivity index is 3.56. The minimum atomic E-state index is 0.145. The summed E-state index contributed by atoms with van der Waals surface area (Å²) in [6.45, 7) is 14.1. The van der Waals surface area contributed by atoms with Crippen LogP contribution in [0.15, 0.2) is 0 Å². The van der Waals surface area contributed by atoms with Gasteiger partial charge in [-0.05, 0) is 0 Å². The summed E-state index contributed by atoms with van der Waals surface area (Å²) in [6.07, 6.45) is 0. The van der Waals surface area contributed by atoms with Crippen molar-refractivity contribution in [3.05, 3.63) is 0 Å². The molecule has 0 aliphatic carbocycles. The van der Waals surface area contributed by atoms with Crippen LogP contribution in [-0.4, -0.2) is 20.4 Å². The van der Waals surface area contributed by atoms with Crippen LogP contribution >= 0.6 is 0 Å². The van der Waals surface area contributed by atoms with E-state index in [2.05, 4.69) is 41.5 Å². The lowest BCUT2D eigenvalue weighted by molar-refractivity contribution is 0.461. The third kappa shape index (κ3) is 8.77. The van der Waals surface area contributed by atoms with Gasteiger partial charge in [-0.1, -0.05) is 47.0 Å². The van der Waals surface area contributed by atoms with Gasteiger partial charge in [0.1, 0.15) is 0 Å². The van der Waals surface area contributed by atoms with Crippen LogP contribution < -0.4 is 0 Å². The maximum atomic E-state index is 2.37. The van der Waals surface area contributed by atoms with Crippen LogP contribution in [0.1, 0.15) is 41.5 Å². The van der Waals surface area contributed by atoms with Gasteiger partial charge in [0.2, 0.25) is 0 Å². The molecule has 0 fully saturated rings. The van der Waals surface area contributed by atoms with Crippen LogP contribution in [0, 0.1) is 5.41 Å². The molecule has 0 heterocycles. The normalized spacial score (nSPS) is 13.0. The zero-order chi connectivity index (χ0) is 8.41. The van der Waals surface area contributed by atoms with E-state index in [-0.39, 0.29) is 20.4 Å². The van der Waals surface area contributed by atoms with Gasteiger partial charge < -0.3 is 0 Å². The molecule has 0 saturated carbocycles. The molecule has 0 saturated heterocycles. The van der Waals surface area contributed by atoms with Crippen molar-refractivity contribution in [2.24, 2.45) is 5.41 Å². The fourth-order valence-electron chi connectivity index (χ4n) is 0.750. The molecule has 0 aliphatic heterocycles. The molecule has 0 amide bonds. The number of hydrogen-bond acceptors (Lipinski definition) is 0. The molecule has 0 aromatic heterocycles. The average molecular weight is 153 g/mol. The highest BCUT2D eigenvalue weighted by Gasteiger charge is 2.19. The van der Waals surface area contributed by atoms with Crippen molar-refractivity contribution in [3.63, 3.8) is 0 Å². The average Bonchev–Trinajstić information content (AvgIpc) is 1.57. The van der Waals surface area contributed by atoms with Crippen LogP contribution in [0.4, 0.5) is 0 Å². The van der Waals surface area contributed by atoms with Crippen molar-refractivity contribution in [3.8, 4) is 0 Å². The highest BCUT2D eigenvalue weighted by atomic mass is 24.5. The summed E-state index contributed by atoms with van der Waals surface area (Å²) in [7, 11) is 0.